The fraction of sp³-hybridized carbons (Fsp3) is 0.455. The van der Waals surface area contributed by atoms with E-state index in [1.165, 1.54) is 0 Å². The van der Waals surface area contributed by atoms with Crippen LogP contribution in [-0.2, 0) is 23.0 Å². The summed E-state index contributed by atoms with van der Waals surface area (Å²) in [6.07, 6.45) is 0.858. The zero-order valence-corrected chi connectivity index (χ0v) is 12.2. The van der Waals surface area contributed by atoms with Crippen LogP contribution in [0, 0.1) is 0 Å². The van der Waals surface area contributed by atoms with Crippen molar-refractivity contribution in [2.75, 3.05) is 18.9 Å². The van der Waals surface area contributed by atoms with Gasteiger partial charge in [0, 0.05) is 29.5 Å². The molecule has 7 heteroatoms. The smallest absolute Gasteiger partial charge is 0.213 e. The molecule has 1 aromatic rings. The molecule has 0 bridgehead atoms. The molecule has 0 aromatic heterocycles. The SMILES string of the molecule is NCCS(=O)(=O)NCc1cc(Br)cc2c1OCC2. The van der Waals surface area contributed by atoms with E-state index in [4.69, 9.17) is 10.5 Å². The highest BCUT2D eigenvalue weighted by atomic mass is 79.9. The molecule has 0 atom stereocenters. The van der Waals surface area contributed by atoms with Gasteiger partial charge in [0.1, 0.15) is 5.75 Å². The number of nitrogens with two attached hydrogens (primary N) is 1. The van der Waals surface area contributed by atoms with E-state index in [1.807, 2.05) is 12.1 Å². The largest absolute Gasteiger partial charge is 0.493 e. The van der Waals surface area contributed by atoms with Crippen LogP contribution in [0.2, 0.25) is 0 Å². The first-order chi connectivity index (χ1) is 8.52. The van der Waals surface area contributed by atoms with Crippen LogP contribution in [0.1, 0.15) is 11.1 Å². The molecule has 0 saturated carbocycles. The highest BCUT2D eigenvalue weighted by molar-refractivity contribution is 9.10. The van der Waals surface area contributed by atoms with E-state index in [1.54, 1.807) is 0 Å². The molecule has 0 spiro atoms. The maximum atomic E-state index is 11.5. The van der Waals surface area contributed by atoms with Crippen LogP contribution in [0.15, 0.2) is 16.6 Å². The summed E-state index contributed by atoms with van der Waals surface area (Å²) in [5, 5.41) is 0. The molecule has 0 fully saturated rings. The van der Waals surface area contributed by atoms with Gasteiger partial charge in [0.05, 0.1) is 12.4 Å². The van der Waals surface area contributed by atoms with Crippen LogP contribution >= 0.6 is 15.9 Å². The summed E-state index contributed by atoms with van der Waals surface area (Å²) >= 11 is 3.41. The molecular weight excluding hydrogens is 320 g/mol. The monoisotopic (exact) mass is 334 g/mol. The van der Waals surface area contributed by atoms with Crippen molar-refractivity contribution >= 4 is 26.0 Å². The number of hydrogen-bond donors (Lipinski definition) is 2. The lowest BCUT2D eigenvalue weighted by atomic mass is 10.1. The molecule has 0 saturated heterocycles. The van der Waals surface area contributed by atoms with Gasteiger partial charge in [-0.1, -0.05) is 15.9 Å². The Morgan fingerprint density at radius 2 is 2.22 bits per heavy atom. The van der Waals surface area contributed by atoms with Crippen LogP contribution in [0.25, 0.3) is 0 Å². The summed E-state index contributed by atoms with van der Waals surface area (Å²) in [5.74, 6) is 0.734. The van der Waals surface area contributed by atoms with E-state index < -0.39 is 10.0 Å². The van der Waals surface area contributed by atoms with Crippen LogP contribution < -0.4 is 15.2 Å². The van der Waals surface area contributed by atoms with Gasteiger partial charge in [0.2, 0.25) is 10.0 Å². The second-order valence-electron chi connectivity index (χ2n) is 4.08. The van der Waals surface area contributed by atoms with Crippen molar-refractivity contribution in [3.63, 3.8) is 0 Å². The molecular formula is C11H15BrN2O3S. The van der Waals surface area contributed by atoms with Crippen molar-refractivity contribution < 1.29 is 13.2 Å². The first-order valence-corrected chi connectivity index (χ1v) is 8.08. The number of benzene rings is 1. The normalized spacial score (nSPS) is 14.3. The van der Waals surface area contributed by atoms with Crippen molar-refractivity contribution in [1.82, 2.24) is 4.72 Å². The van der Waals surface area contributed by atoms with E-state index in [-0.39, 0.29) is 18.8 Å². The molecule has 3 N–H and O–H groups in total. The average Bonchev–Trinajstić information content (AvgIpc) is 2.73. The molecule has 2 rings (SSSR count). The standard InChI is InChI=1S/C11H15BrN2O3S/c12-10-5-8-1-3-17-11(8)9(6-10)7-14-18(15,16)4-2-13/h5-6,14H,1-4,7,13H2. The molecule has 0 amide bonds. The van der Waals surface area contributed by atoms with E-state index in [2.05, 4.69) is 20.7 Å². The van der Waals surface area contributed by atoms with Gasteiger partial charge < -0.3 is 10.5 Å². The number of ether oxygens (including phenoxy) is 1. The minimum absolute atomic E-state index is 0.0654. The van der Waals surface area contributed by atoms with E-state index in [0.717, 1.165) is 27.8 Å². The predicted molar refractivity (Wildman–Crippen MR) is 73.0 cm³/mol. The Labute approximate surface area is 115 Å². The van der Waals surface area contributed by atoms with E-state index >= 15 is 0 Å². The van der Waals surface area contributed by atoms with Crippen LogP contribution in [0.4, 0.5) is 0 Å². The Morgan fingerprint density at radius 3 is 2.94 bits per heavy atom. The fourth-order valence-corrected chi connectivity index (χ4v) is 3.28. The Hall–Kier alpha value is -0.630. The molecule has 100 valence electrons. The number of nitrogens with one attached hydrogen (secondary N) is 1. The summed E-state index contributed by atoms with van der Waals surface area (Å²) in [6, 6.07) is 3.87. The zero-order valence-electron chi connectivity index (χ0n) is 9.78. The molecule has 1 aromatic carbocycles. The zero-order chi connectivity index (χ0) is 13.2. The topological polar surface area (TPSA) is 81.4 Å². The number of sulfonamides is 1. The number of rotatable bonds is 5. The molecule has 18 heavy (non-hydrogen) atoms. The summed E-state index contributed by atoms with van der Waals surface area (Å²) in [5.41, 5.74) is 7.20. The third-order valence-corrected chi connectivity index (χ3v) is 4.51. The fourth-order valence-electron chi connectivity index (χ4n) is 1.89. The van der Waals surface area contributed by atoms with Gasteiger partial charge in [-0.25, -0.2) is 13.1 Å². The first-order valence-electron chi connectivity index (χ1n) is 5.63. The lowest BCUT2D eigenvalue weighted by Crippen LogP contribution is -2.29. The van der Waals surface area contributed by atoms with Crippen LogP contribution in [0.5, 0.6) is 5.75 Å². The lowest BCUT2D eigenvalue weighted by Gasteiger charge is -2.10. The molecule has 0 unspecified atom stereocenters. The summed E-state index contributed by atoms with van der Waals surface area (Å²) < 4.78 is 32.1. The number of fused-ring (bicyclic) bond motifs is 1. The minimum Gasteiger partial charge on any atom is -0.493 e. The average molecular weight is 335 g/mol. The second kappa shape index (κ2) is 5.56. The third-order valence-electron chi connectivity index (χ3n) is 2.69. The van der Waals surface area contributed by atoms with Crippen molar-refractivity contribution in [1.29, 1.82) is 0 Å². The predicted octanol–water partition coefficient (Wildman–Crippen LogP) is 0.762. The van der Waals surface area contributed by atoms with Gasteiger partial charge in [-0.05, 0) is 17.7 Å². The second-order valence-corrected chi connectivity index (χ2v) is 6.92. The van der Waals surface area contributed by atoms with Crippen molar-refractivity contribution in [2.24, 2.45) is 5.73 Å². The van der Waals surface area contributed by atoms with Gasteiger partial charge in [-0.15, -0.1) is 0 Å². The summed E-state index contributed by atoms with van der Waals surface area (Å²) in [7, 11) is -3.31. The van der Waals surface area contributed by atoms with Gasteiger partial charge in [-0.3, -0.25) is 0 Å². The Kier molecular flexibility index (Phi) is 4.26. The Morgan fingerprint density at radius 1 is 1.44 bits per heavy atom. The quantitative estimate of drug-likeness (QED) is 0.833. The molecule has 1 aliphatic heterocycles. The van der Waals surface area contributed by atoms with Gasteiger partial charge in [-0.2, -0.15) is 0 Å². The lowest BCUT2D eigenvalue weighted by molar-refractivity contribution is 0.353. The van der Waals surface area contributed by atoms with Gasteiger partial charge in [0.25, 0.3) is 0 Å². The molecule has 0 aliphatic carbocycles. The molecule has 5 nitrogen and oxygen atoms in total. The molecule has 1 heterocycles. The summed E-state index contributed by atoms with van der Waals surface area (Å²) in [6.45, 7) is 0.987. The minimum atomic E-state index is -3.31. The van der Waals surface area contributed by atoms with E-state index in [0.29, 0.717) is 6.61 Å². The van der Waals surface area contributed by atoms with Gasteiger partial charge >= 0.3 is 0 Å². The maximum absolute atomic E-state index is 11.5. The van der Waals surface area contributed by atoms with Crippen LogP contribution in [0.3, 0.4) is 0 Å². The van der Waals surface area contributed by atoms with Crippen LogP contribution in [-0.4, -0.2) is 27.3 Å². The summed E-state index contributed by atoms with van der Waals surface area (Å²) in [4.78, 5) is 0. The maximum Gasteiger partial charge on any atom is 0.213 e. The third kappa shape index (κ3) is 3.23. The van der Waals surface area contributed by atoms with Crippen molar-refractivity contribution in [2.45, 2.75) is 13.0 Å². The van der Waals surface area contributed by atoms with Crippen molar-refractivity contribution in [3.8, 4) is 5.75 Å². The molecule has 0 radical (unpaired) electrons. The Bertz CT molecular complexity index is 545. The van der Waals surface area contributed by atoms with Crippen molar-refractivity contribution in [3.05, 3.63) is 27.7 Å². The highest BCUT2D eigenvalue weighted by Crippen LogP contribution is 2.32. The van der Waals surface area contributed by atoms with E-state index in [9.17, 15) is 8.42 Å². The first kappa shape index (κ1) is 13.8. The van der Waals surface area contributed by atoms with Gasteiger partial charge in [0.15, 0.2) is 0 Å². The number of halogens is 1. The Balaban J connectivity index is 2.15. The highest BCUT2D eigenvalue weighted by Gasteiger charge is 2.18. The number of hydrogen-bond acceptors (Lipinski definition) is 4. The molecule has 1 aliphatic rings.